The molecule has 2 aliphatic rings. The van der Waals surface area contributed by atoms with Gasteiger partial charge in [0.2, 0.25) is 11.1 Å². The number of aryl methyl sites for hydroxylation is 2. The van der Waals surface area contributed by atoms with Gasteiger partial charge in [-0.1, -0.05) is 18.2 Å². The number of nitrogens with zero attached hydrogens (tertiary/aromatic N) is 4. The molecule has 0 saturated heterocycles. The van der Waals surface area contributed by atoms with Crippen molar-refractivity contribution in [3.63, 3.8) is 0 Å². The maximum atomic E-state index is 12.8. The standard InChI is InChI=1S/C22H25N5O3S/c1-13-16(14(2)27-20(23-13)25-21(26-27)31-3)12-19(28)24-15-7-8-17-18(11-15)30-22(29-17)9-5-4-6-10-22/h7-8,11H,4-6,9-10,12H2,1-3H3,(H,24,28). The molecule has 0 atom stereocenters. The van der Waals surface area contributed by atoms with Crippen molar-refractivity contribution in [2.24, 2.45) is 0 Å². The van der Waals surface area contributed by atoms with Crippen molar-refractivity contribution in [2.45, 2.75) is 63.3 Å². The van der Waals surface area contributed by atoms with E-state index < -0.39 is 5.79 Å². The van der Waals surface area contributed by atoms with Crippen LogP contribution in [0.15, 0.2) is 23.4 Å². The summed E-state index contributed by atoms with van der Waals surface area (Å²) in [7, 11) is 0. The first-order chi connectivity index (χ1) is 15.0. The largest absolute Gasteiger partial charge is 0.448 e. The van der Waals surface area contributed by atoms with E-state index >= 15 is 0 Å². The molecule has 0 radical (unpaired) electrons. The van der Waals surface area contributed by atoms with Crippen LogP contribution in [0.25, 0.3) is 5.78 Å². The second-order valence-corrected chi connectivity index (χ2v) is 8.91. The molecule has 1 fully saturated rings. The van der Waals surface area contributed by atoms with Crippen LogP contribution >= 0.6 is 11.8 Å². The average molecular weight is 440 g/mol. The summed E-state index contributed by atoms with van der Waals surface area (Å²) in [6.45, 7) is 3.83. The molecule has 1 saturated carbocycles. The molecule has 0 unspecified atom stereocenters. The van der Waals surface area contributed by atoms with Gasteiger partial charge in [0.15, 0.2) is 11.5 Å². The van der Waals surface area contributed by atoms with Gasteiger partial charge in [-0.2, -0.15) is 4.98 Å². The third-order valence-corrected chi connectivity index (χ3v) is 6.52. The van der Waals surface area contributed by atoms with Crippen LogP contribution in [0.2, 0.25) is 0 Å². The molecule has 1 N–H and O–H groups in total. The van der Waals surface area contributed by atoms with E-state index in [2.05, 4.69) is 20.4 Å². The molecule has 9 heteroatoms. The lowest BCUT2D eigenvalue weighted by Crippen LogP contribution is -2.40. The van der Waals surface area contributed by atoms with Crippen LogP contribution in [0.3, 0.4) is 0 Å². The fourth-order valence-corrected chi connectivity index (χ4v) is 4.70. The summed E-state index contributed by atoms with van der Waals surface area (Å²) < 4.78 is 14.0. The Hall–Kier alpha value is -2.81. The molecular weight excluding hydrogens is 414 g/mol. The normalized spacial score (nSPS) is 16.7. The zero-order valence-electron chi connectivity index (χ0n) is 17.9. The number of ether oxygens (including phenoxy) is 2. The van der Waals surface area contributed by atoms with E-state index in [1.165, 1.54) is 18.2 Å². The average Bonchev–Trinajstić information content (AvgIpc) is 3.32. The monoisotopic (exact) mass is 439 g/mol. The Morgan fingerprint density at radius 3 is 2.71 bits per heavy atom. The quantitative estimate of drug-likeness (QED) is 0.613. The fourth-order valence-electron chi connectivity index (χ4n) is 4.36. The Morgan fingerprint density at radius 1 is 1.16 bits per heavy atom. The first-order valence-electron chi connectivity index (χ1n) is 10.6. The predicted molar refractivity (Wildman–Crippen MR) is 118 cm³/mol. The van der Waals surface area contributed by atoms with Gasteiger partial charge < -0.3 is 14.8 Å². The predicted octanol–water partition coefficient (Wildman–Crippen LogP) is 4.08. The van der Waals surface area contributed by atoms with E-state index in [4.69, 9.17) is 9.47 Å². The summed E-state index contributed by atoms with van der Waals surface area (Å²) in [4.78, 5) is 21.7. The highest BCUT2D eigenvalue weighted by Gasteiger charge is 2.42. The Kier molecular flexibility index (Phi) is 5.00. The number of hydrogen-bond donors (Lipinski definition) is 1. The van der Waals surface area contributed by atoms with E-state index in [1.54, 1.807) is 4.52 Å². The number of amides is 1. The molecule has 1 spiro atoms. The van der Waals surface area contributed by atoms with Gasteiger partial charge in [-0.25, -0.2) is 9.50 Å². The molecule has 1 amide bonds. The van der Waals surface area contributed by atoms with Crippen LogP contribution in [0, 0.1) is 13.8 Å². The zero-order chi connectivity index (χ0) is 21.6. The van der Waals surface area contributed by atoms with Crippen molar-refractivity contribution in [3.8, 4) is 11.5 Å². The van der Waals surface area contributed by atoms with Crippen molar-refractivity contribution >= 4 is 29.1 Å². The highest BCUT2D eigenvalue weighted by atomic mass is 32.2. The van der Waals surface area contributed by atoms with Crippen LogP contribution in [0.4, 0.5) is 5.69 Å². The zero-order valence-corrected chi connectivity index (χ0v) is 18.7. The minimum absolute atomic E-state index is 0.121. The van der Waals surface area contributed by atoms with Gasteiger partial charge in [0, 0.05) is 41.5 Å². The SMILES string of the molecule is CSc1nc2nc(C)c(CC(=O)Nc3ccc4c(c3)OC3(CCCCC3)O4)c(C)n2n1. The molecule has 1 aliphatic heterocycles. The molecule has 1 aliphatic carbocycles. The van der Waals surface area contributed by atoms with Gasteiger partial charge in [0.25, 0.3) is 11.6 Å². The first kappa shape index (κ1) is 20.1. The third kappa shape index (κ3) is 3.71. The minimum Gasteiger partial charge on any atom is -0.448 e. The number of hydrogen-bond acceptors (Lipinski definition) is 7. The number of anilines is 1. The van der Waals surface area contributed by atoms with Crippen LogP contribution in [0.5, 0.6) is 11.5 Å². The lowest BCUT2D eigenvalue weighted by molar-refractivity contribution is -0.115. The topological polar surface area (TPSA) is 90.6 Å². The highest BCUT2D eigenvalue weighted by Crippen LogP contribution is 2.46. The number of thioether (sulfide) groups is 1. The summed E-state index contributed by atoms with van der Waals surface area (Å²) >= 11 is 1.46. The first-order valence-corrected chi connectivity index (χ1v) is 11.8. The number of carbonyl (C=O) groups excluding carboxylic acids is 1. The van der Waals surface area contributed by atoms with Crippen molar-refractivity contribution in [3.05, 3.63) is 35.2 Å². The number of nitrogens with one attached hydrogen (secondary N) is 1. The molecule has 5 rings (SSSR count). The Labute approximate surface area is 184 Å². The molecule has 162 valence electrons. The summed E-state index contributed by atoms with van der Waals surface area (Å²) in [5.74, 6) is 1.35. The number of rotatable bonds is 4. The molecule has 0 bridgehead atoms. The number of carbonyl (C=O) groups is 1. The third-order valence-electron chi connectivity index (χ3n) is 5.98. The van der Waals surface area contributed by atoms with Crippen LogP contribution in [0.1, 0.15) is 49.1 Å². The van der Waals surface area contributed by atoms with Crippen LogP contribution < -0.4 is 14.8 Å². The molecule has 3 heterocycles. The minimum atomic E-state index is -0.522. The highest BCUT2D eigenvalue weighted by molar-refractivity contribution is 7.98. The van der Waals surface area contributed by atoms with E-state index in [-0.39, 0.29) is 12.3 Å². The Bertz CT molecular complexity index is 1170. The summed E-state index contributed by atoms with van der Waals surface area (Å²) in [6, 6.07) is 5.57. The molecule has 8 nitrogen and oxygen atoms in total. The molecular formula is C22H25N5O3S. The van der Waals surface area contributed by atoms with Crippen molar-refractivity contribution in [1.82, 2.24) is 19.6 Å². The van der Waals surface area contributed by atoms with Gasteiger partial charge >= 0.3 is 0 Å². The van der Waals surface area contributed by atoms with Crippen LogP contribution in [-0.4, -0.2) is 37.5 Å². The Morgan fingerprint density at radius 2 is 1.94 bits per heavy atom. The molecule has 1 aromatic carbocycles. The van der Waals surface area contributed by atoms with Gasteiger partial charge in [-0.15, -0.1) is 5.10 Å². The van der Waals surface area contributed by atoms with Gasteiger partial charge in [0.05, 0.1) is 6.42 Å². The maximum absolute atomic E-state index is 12.8. The lowest BCUT2D eigenvalue weighted by Gasteiger charge is -2.31. The van der Waals surface area contributed by atoms with Gasteiger partial charge in [-0.05, 0) is 45.1 Å². The van der Waals surface area contributed by atoms with Gasteiger partial charge in [0.1, 0.15) is 0 Å². The maximum Gasteiger partial charge on any atom is 0.253 e. The fraction of sp³-hybridized carbons (Fsp3) is 0.455. The number of benzene rings is 1. The second kappa shape index (κ2) is 7.71. The summed E-state index contributed by atoms with van der Waals surface area (Å²) in [6.07, 6.45) is 7.37. The van der Waals surface area contributed by atoms with E-state index in [0.29, 0.717) is 22.4 Å². The number of fused-ring (bicyclic) bond motifs is 2. The van der Waals surface area contributed by atoms with E-state index in [9.17, 15) is 4.79 Å². The van der Waals surface area contributed by atoms with Gasteiger partial charge in [-0.3, -0.25) is 4.79 Å². The Balaban J connectivity index is 1.32. The molecule has 31 heavy (non-hydrogen) atoms. The molecule has 2 aromatic heterocycles. The van der Waals surface area contributed by atoms with Crippen molar-refractivity contribution < 1.29 is 14.3 Å². The summed E-state index contributed by atoms with van der Waals surface area (Å²) in [5.41, 5.74) is 3.19. The van der Waals surface area contributed by atoms with Crippen molar-refractivity contribution in [2.75, 3.05) is 11.6 Å². The number of aromatic nitrogens is 4. The summed E-state index contributed by atoms with van der Waals surface area (Å²) in [5, 5.41) is 8.09. The molecule has 3 aromatic rings. The van der Waals surface area contributed by atoms with Crippen LogP contribution in [-0.2, 0) is 11.2 Å². The van der Waals surface area contributed by atoms with E-state index in [0.717, 1.165) is 48.4 Å². The van der Waals surface area contributed by atoms with E-state index in [1.807, 2.05) is 38.3 Å². The lowest BCUT2D eigenvalue weighted by atomic mass is 9.94. The second-order valence-electron chi connectivity index (χ2n) is 8.13. The smallest absolute Gasteiger partial charge is 0.253 e. The van der Waals surface area contributed by atoms with Crippen molar-refractivity contribution in [1.29, 1.82) is 0 Å².